The van der Waals surface area contributed by atoms with Crippen molar-refractivity contribution in [3.8, 4) is 0 Å². The van der Waals surface area contributed by atoms with Crippen LogP contribution < -0.4 is 5.32 Å². The summed E-state index contributed by atoms with van der Waals surface area (Å²) in [4.78, 5) is 34.2. The number of amides is 2. The average molecular weight is 330 g/mol. The summed E-state index contributed by atoms with van der Waals surface area (Å²) in [6, 6.07) is 1.81. The van der Waals surface area contributed by atoms with Gasteiger partial charge in [-0.15, -0.1) is 5.10 Å². The van der Waals surface area contributed by atoms with E-state index in [2.05, 4.69) is 20.4 Å². The molecule has 2 amide bonds. The molecule has 2 aromatic heterocycles. The van der Waals surface area contributed by atoms with Gasteiger partial charge in [0.15, 0.2) is 0 Å². The first-order chi connectivity index (χ1) is 11.6. The molecule has 8 nitrogen and oxygen atoms in total. The number of carbonyl (C=O) groups is 2. The van der Waals surface area contributed by atoms with Gasteiger partial charge in [0.05, 0.1) is 0 Å². The predicted molar refractivity (Wildman–Crippen MR) is 87.5 cm³/mol. The molecule has 0 unspecified atom stereocenters. The SMILES string of the molecule is Cc1ccnc2nc(C(=O)NCCCN3CCCCCC3=O)nn12. The van der Waals surface area contributed by atoms with E-state index in [0.717, 1.165) is 37.9 Å². The topological polar surface area (TPSA) is 92.5 Å². The quantitative estimate of drug-likeness (QED) is 0.824. The molecule has 0 spiro atoms. The van der Waals surface area contributed by atoms with Crippen molar-refractivity contribution in [2.75, 3.05) is 19.6 Å². The molecule has 1 fully saturated rings. The second-order valence-electron chi connectivity index (χ2n) is 6.03. The standard InChI is InChI=1S/C16H22N6O2/c1-12-7-9-18-16-19-14(20-22(12)16)15(24)17-8-5-11-21-10-4-2-3-6-13(21)23/h7,9H,2-6,8,10-11H2,1H3,(H,17,24). The van der Waals surface area contributed by atoms with Crippen molar-refractivity contribution in [2.24, 2.45) is 0 Å². The normalized spacial score (nSPS) is 15.5. The Labute approximate surface area is 140 Å². The van der Waals surface area contributed by atoms with Crippen LogP contribution in [-0.4, -0.2) is 55.9 Å². The number of hydrogen-bond donors (Lipinski definition) is 1. The minimum absolute atomic E-state index is 0.114. The number of rotatable bonds is 5. The molecule has 1 aliphatic heterocycles. The van der Waals surface area contributed by atoms with Gasteiger partial charge in [-0.2, -0.15) is 4.98 Å². The fourth-order valence-corrected chi connectivity index (χ4v) is 2.83. The predicted octanol–water partition coefficient (Wildman–Crippen LogP) is 0.955. The summed E-state index contributed by atoms with van der Waals surface area (Å²) in [6.07, 6.45) is 6.17. The second-order valence-corrected chi connectivity index (χ2v) is 6.03. The van der Waals surface area contributed by atoms with Crippen LogP contribution in [0.5, 0.6) is 0 Å². The Morgan fingerprint density at radius 1 is 1.33 bits per heavy atom. The van der Waals surface area contributed by atoms with Gasteiger partial charge in [0.25, 0.3) is 11.7 Å². The van der Waals surface area contributed by atoms with E-state index in [0.29, 0.717) is 25.3 Å². The zero-order valence-electron chi connectivity index (χ0n) is 13.9. The van der Waals surface area contributed by atoms with E-state index in [-0.39, 0.29) is 17.6 Å². The lowest BCUT2D eigenvalue weighted by Crippen LogP contribution is -2.34. The monoisotopic (exact) mass is 330 g/mol. The lowest BCUT2D eigenvalue weighted by molar-refractivity contribution is -0.130. The highest BCUT2D eigenvalue weighted by atomic mass is 16.2. The smallest absolute Gasteiger partial charge is 0.291 e. The molecule has 24 heavy (non-hydrogen) atoms. The highest BCUT2D eigenvalue weighted by Gasteiger charge is 2.17. The van der Waals surface area contributed by atoms with E-state index in [4.69, 9.17) is 0 Å². The van der Waals surface area contributed by atoms with Crippen LogP contribution in [0.25, 0.3) is 5.78 Å². The van der Waals surface area contributed by atoms with Crippen molar-refractivity contribution in [1.82, 2.24) is 29.8 Å². The second kappa shape index (κ2) is 7.37. The van der Waals surface area contributed by atoms with E-state index in [9.17, 15) is 9.59 Å². The summed E-state index contributed by atoms with van der Waals surface area (Å²) < 4.78 is 1.55. The number of aryl methyl sites for hydroxylation is 1. The molecule has 1 N–H and O–H groups in total. The Bertz CT molecular complexity index is 741. The summed E-state index contributed by atoms with van der Waals surface area (Å²) in [6.45, 7) is 3.87. The first-order valence-corrected chi connectivity index (χ1v) is 8.39. The molecule has 1 aliphatic rings. The van der Waals surface area contributed by atoms with E-state index < -0.39 is 0 Å². The number of fused-ring (bicyclic) bond motifs is 1. The fraction of sp³-hybridized carbons (Fsp3) is 0.562. The summed E-state index contributed by atoms with van der Waals surface area (Å²) >= 11 is 0. The molecule has 8 heteroatoms. The third-order valence-electron chi connectivity index (χ3n) is 4.19. The van der Waals surface area contributed by atoms with Crippen molar-refractivity contribution in [1.29, 1.82) is 0 Å². The lowest BCUT2D eigenvalue weighted by Gasteiger charge is -2.20. The maximum atomic E-state index is 12.1. The van der Waals surface area contributed by atoms with Crippen LogP contribution in [0.15, 0.2) is 12.3 Å². The molecule has 1 saturated heterocycles. The van der Waals surface area contributed by atoms with Crippen molar-refractivity contribution < 1.29 is 9.59 Å². The third kappa shape index (κ3) is 3.69. The minimum Gasteiger partial charge on any atom is -0.349 e. The van der Waals surface area contributed by atoms with Gasteiger partial charge in [0, 0.05) is 37.9 Å². The maximum absolute atomic E-state index is 12.1. The van der Waals surface area contributed by atoms with Crippen LogP contribution >= 0.6 is 0 Å². The Kier molecular flexibility index (Phi) is 5.02. The molecule has 0 saturated carbocycles. The summed E-state index contributed by atoms with van der Waals surface area (Å²) in [5.74, 6) is 0.433. The van der Waals surface area contributed by atoms with Gasteiger partial charge in [-0.1, -0.05) is 6.42 Å². The number of aromatic nitrogens is 4. The Morgan fingerprint density at radius 3 is 3.04 bits per heavy atom. The Hall–Kier alpha value is -2.51. The van der Waals surface area contributed by atoms with Crippen LogP contribution in [0.2, 0.25) is 0 Å². The zero-order chi connectivity index (χ0) is 16.9. The van der Waals surface area contributed by atoms with Gasteiger partial charge in [0.2, 0.25) is 11.7 Å². The third-order valence-corrected chi connectivity index (χ3v) is 4.19. The van der Waals surface area contributed by atoms with E-state index in [1.807, 2.05) is 17.9 Å². The van der Waals surface area contributed by atoms with E-state index in [1.165, 1.54) is 0 Å². The highest BCUT2D eigenvalue weighted by Crippen LogP contribution is 2.11. The number of nitrogens with one attached hydrogen (secondary N) is 1. The van der Waals surface area contributed by atoms with Gasteiger partial charge in [-0.3, -0.25) is 9.59 Å². The molecule has 2 aromatic rings. The van der Waals surface area contributed by atoms with Gasteiger partial charge >= 0.3 is 0 Å². The Balaban J connectivity index is 1.50. The molecule has 0 aromatic carbocycles. The van der Waals surface area contributed by atoms with Crippen LogP contribution in [0, 0.1) is 6.92 Å². The van der Waals surface area contributed by atoms with Crippen molar-refractivity contribution in [3.63, 3.8) is 0 Å². The van der Waals surface area contributed by atoms with Crippen LogP contribution in [-0.2, 0) is 4.79 Å². The molecular weight excluding hydrogens is 308 g/mol. The molecule has 128 valence electrons. The minimum atomic E-state index is -0.318. The van der Waals surface area contributed by atoms with Crippen molar-refractivity contribution in [2.45, 2.75) is 39.0 Å². The molecule has 0 radical (unpaired) electrons. The van der Waals surface area contributed by atoms with E-state index >= 15 is 0 Å². The van der Waals surface area contributed by atoms with Gasteiger partial charge in [0.1, 0.15) is 0 Å². The number of hydrogen-bond acceptors (Lipinski definition) is 5. The summed E-state index contributed by atoms with van der Waals surface area (Å²) in [5.41, 5.74) is 0.867. The van der Waals surface area contributed by atoms with Crippen LogP contribution in [0.3, 0.4) is 0 Å². The van der Waals surface area contributed by atoms with Gasteiger partial charge < -0.3 is 10.2 Å². The van der Waals surface area contributed by atoms with E-state index in [1.54, 1.807) is 10.7 Å². The maximum Gasteiger partial charge on any atom is 0.291 e. The largest absolute Gasteiger partial charge is 0.349 e. The lowest BCUT2D eigenvalue weighted by atomic mass is 10.2. The molecular formula is C16H22N6O2. The molecule has 0 bridgehead atoms. The van der Waals surface area contributed by atoms with Crippen LogP contribution in [0.4, 0.5) is 0 Å². The average Bonchev–Trinajstić information content (AvgIpc) is 2.91. The Morgan fingerprint density at radius 2 is 2.21 bits per heavy atom. The number of carbonyl (C=O) groups excluding carboxylic acids is 2. The highest BCUT2D eigenvalue weighted by molar-refractivity contribution is 5.90. The molecule has 0 aliphatic carbocycles. The van der Waals surface area contributed by atoms with Crippen molar-refractivity contribution >= 4 is 17.6 Å². The summed E-state index contributed by atoms with van der Waals surface area (Å²) in [5, 5.41) is 6.98. The first kappa shape index (κ1) is 16.4. The number of nitrogens with zero attached hydrogens (tertiary/aromatic N) is 5. The molecule has 0 atom stereocenters. The molecule has 3 heterocycles. The van der Waals surface area contributed by atoms with Crippen LogP contribution in [0.1, 0.15) is 48.4 Å². The summed E-state index contributed by atoms with van der Waals surface area (Å²) in [7, 11) is 0. The van der Waals surface area contributed by atoms with Crippen molar-refractivity contribution in [3.05, 3.63) is 23.8 Å². The fourth-order valence-electron chi connectivity index (χ4n) is 2.83. The number of likely N-dealkylation sites (tertiary alicyclic amines) is 1. The molecule has 3 rings (SSSR count). The first-order valence-electron chi connectivity index (χ1n) is 8.39. The van der Waals surface area contributed by atoms with Gasteiger partial charge in [-0.05, 0) is 32.3 Å². The zero-order valence-corrected chi connectivity index (χ0v) is 13.9. The van der Waals surface area contributed by atoms with Gasteiger partial charge in [-0.25, -0.2) is 9.50 Å².